The number of piperidine rings is 1. The van der Waals surface area contributed by atoms with Crippen molar-refractivity contribution in [2.75, 3.05) is 0 Å². The third-order valence-corrected chi connectivity index (χ3v) is 3.53. The average molecular weight is 224 g/mol. The summed E-state index contributed by atoms with van der Waals surface area (Å²) in [6.07, 6.45) is 5.44. The molecule has 0 aromatic heterocycles. The normalized spacial score (nSPS) is 33.8. The van der Waals surface area contributed by atoms with E-state index >= 15 is 0 Å². The van der Waals surface area contributed by atoms with Gasteiger partial charge in [0.15, 0.2) is 0 Å². The minimum atomic E-state index is 0.0932. The van der Waals surface area contributed by atoms with Crippen molar-refractivity contribution in [1.82, 2.24) is 10.6 Å². The van der Waals surface area contributed by atoms with Crippen molar-refractivity contribution in [3.05, 3.63) is 0 Å². The van der Waals surface area contributed by atoms with Crippen LogP contribution in [-0.4, -0.2) is 24.0 Å². The highest BCUT2D eigenvalue weighted by Crippen LogP contribution is 2.27. The highest BCUT2D eigenvalue weighted by atomic mass is 16.1. The van der Waals surface area contributed by atoms with Crippen molar-refractivity contribution < 1.29 is 4.79 Å². The van der Waals surface area contributed by atoms with Crippen LogP contribution in [-0.2, 0) is 4.79 Å². The van der Waals surface area contributed by atoms with Crippen LogP contribution in [0.3, 0.4) is 0 Å². The average Bonchev–Trinajstić information content (AvgIpc) is 2.42. The van der Waals surface area contributed by atoms with Crippen LogP contribution in [0.25, 0.3) is 0 Å². The van der Waals surface area contributed by atoms with Gasteiger partial charge < -0.3 is 10.6 Å². The molecule has 0 aromatic rings. The van der Waals surface area contributed by atoms with Gasteiger partial charge in [-0.25, -0.2) is 0 Å². The summed E-state index contributed by atoms with van der Waals surface area (Å²) in [4.78, 5) is 11.8. The molecule has 2 N–H and O–H groups in total. The lowest BCUT2D eigenvalue weighted by Crippen LogP contribution is -2.48. The van der Waals surface area contributed by atoms with Gasteiger partial charge in [-0.05, 0) is 31.1 Å². The van der Waals surface area contributed by atoms with Gasteiger partial charge in [0.2, 0.25) is 5.91 Å². The first-order valence-corrected chi connectivity index (χ1v) is 6.48. The van der Waals surface area contributed by atoms with E-state index in [-0.39, 0.29) is 11.3 Å². The lowest BCUT2D eigenvalue weighted by atomic mass is 9.91. The van der Waals surface area contributed by atoms with Crippen LogP contribution >= 0.6 is 0 Å². The molecule has 3 nitrogen and oxygen atoms in total. The van der Waals surface area contributed by atoms with Crippen LogP contribution in [0.1, 0.15) is 52.9 Å². The van der Waals surface area contributed by atoms with E-state index < -0.39 is 0 Å². The topological polar surface area (TPSA) is 41.1 Å². The molecule has 2 aliphatic rings. The summed E-state index contributed by atoms with van der Waals surface area (Å²) in [6, 6.07) is 1.71. The van der Waals surface area contributed by atoms with Crippen LogP contribution in [0.2, 0.25) is 0 Å². The fourth-order valence-corrected chi connectivity index (χ4v) is 2.94. The van der Waals surface area contributed by atoms with Gasteiger partial charge in [0, 0.05) is 24.5 Å². The molecular formula is C13H24N2O. The molecule has 0 saturated carbocycles. The Bertz CT molecular complexity index is 258. The van der Waals surface area contributed by atoms with Crippen molar-refractivity contribution >= 4 is 5.91 Å². The van der Waals surface area contributed by atoms with Gasteiger partial charge in [-0.1, -0.05) is 20.8 Å². The van der Waals surface area contributed by atoms with Crippen LogP contribution in [0.5, 0.6) is 0 Å². The third kappa shape index (κ3) is 3.21. The molecule has 0 aromatic carbocycles. The predicted molar refractivity (Wildman–Crippen MR) is 65.2 cm³/mol. The van der Waals surface area contributed by atoms with Gasteiger partial charge in [0.1, 0.15) is 0 Å². The Balaban J connectivity index is 1.79. The number of carbonyl (C=O) groups is 1. The molecule has 2 heterocycles. The molecule has 0 spiro atoms. The second kappa shape index (κ2) is 4.36. The zero-order valence-electron chi connectivity index (χ0n) is 10.7. The van der Waals surface area contributed by atoms with Crippen molar-refractivity contribution in [3.63, 3.8) is 0 Å². The number of rotatable bonds is 2. The van der Waals surface area contributed by atoms with Gasteiger partial charge in [-0.3, -0.25) is 4.79 Å². The quantitative estimate of drug-likeness (QED) is 0.751. The van der Waals surface area contributed by atoms with Gasteiger partial charge >= 0.3 is 0 Å². The lowest BCUT2D eigenvalue weighted by Gasteiger charge is -2.30. The number of amides is 1. The van der Waals surface area contributed by atoms with Crippen LogP contribution in [0.4, 0.5) is 0 Å². The Morgan fingerprint density at radius 2 is 1.81 bits per heavy atom. The fraction of sp³-hybridized carbons (Fsp3) is 0.923. The monoisotopic (exact) mass is 224 g/mol. The van der Waals surface area contributed by atoms with Crippen LogP contribution in [0.15, 0.2) is 0 Å². The number of carbonyl (C=O) groups excluding carboxylic acids is 1. The number of fused-ring (bicyclic) bond motifs is 2. The maximum Gasteiger partial charge on any atom is 0.220 e. The second-order valence-electron chi connectivity index (χ2n) is 6.61. The lowest BCUT2D eigenvalue weighted by molar-refractivity contribution is -0.123. The van der Waals surface area contributed by atoms with Crippen molar-refractivity contribution in [1.29, 1.82) is 0 Å². The fourth-order valence-electron chi connectivity index (χ4n) is 2.94. The maximum atomic E-state index is 11.8. The highest BCUT2D eigenvalue weighted by Gasteiger charge is 2.34. The zero-order chi connectivity index (χ0) is 11.8. The van der Waals surface area contributed by atoms with E-state index in [0.717, 1.165) is 12.8 Å². The molecule has 2 fully saturated rings. The molecule has 2 bridgehead atoms. The second-order valence-corrected chi connectivity index (χ2v) is 6.61. The molecule has 0 radical (unpaired) electrons. The van der Waals surface area contributed by atoms with Crippen molar-refractivity contribution in [3.8, 4) is 0 Å². The Morgan fingerprint density at radius 3 is 2.31 bits per heavy atom. The summed E-state index contributed by atoms with van der Waals surface area (Å²) < 4.78 is 0. The SMILES string of the molecule is CC(C)(C)CC(=O)NC1CC2CCC(C1)N2. The van der Waals surface area contributed by atoms with E-state index in [4.69, 9.17) is 0 Å². The Labute approximate surface area is 98.4 Å². The van der Waals surface area contributed by atoms with E-state index in [1.54, 1.807) is 0 Å². The largest absolute Gasteiger partial charge is 0.353 e. The van der Waals surface area contributed by atoms with Gasteiger partial charge in [-0.2, -0.15) is 0 Å². The van der Waals surface area contributed by atoms with Crippen molar-refractivity contribution in [2.45, 2.75) is 71.0 Å². The molecule has 2 atom stereocenters. The van der Waals surface area contributed by atoms with Gasteiger partial charge in [-0.15, -0.1) is 0 Å². The van der Waals surface area contributed by atoms with Crippen molar-refractivity contribution in [2.24, 2.45) is 5.41 Å². The standard InChI is InChI=1S/C13H24N2O/c1-13(2,3)8-12(16)15-11-6-9-4-5-10(7-11)14-9/h9-11,14H,4-8H2,1-3H3,(H,15,16). The first-order chi connectivity index (χ1) is 7.42. The molecule has 16 heavy (non-hydrogen) atoms. The first-order valence-electron chi connectivity index (χ1n) is 6.48. The molecule has 0 aliphatic carbocycles. The number of nitrogens with one attached hydrogen (secondary N) is 2. The van der Waals surface area contributed by atoms with E-state index in [0.29, 0.717) is 24.5 Å². The highest BCUT2D eigenvalue weighted by molar-refractivity contribution is 5.76. The summed E-state index contributed by atoms with van der Waals surface area (Å²) in [5.41, 5.74) is 0.0932. The Hall–Kier alpha value is -0.570. The molecule has 2 rings (SSSR count). The summed E-state index contributed by atoms with van der Waals surface area (Å²) in [6.45, 7) is 6.33. The zero-order valence-corrected chi connectivity index (χ0v) is 10.7. The molecular weight excluding hydrogens is 200 g/mol. The summed E-state index contributed by atoms with van der Waals surface area (Å²) in [7, 11) is 0. The number of hydrogen-bond donors (Lipinski definition) is 2. The smallest absolute Gasteiger partial charge is 0.220 e. The van der Waals surface area contributed by atoms with Gasteiger partial charge in [0.25, 0.3) is 0 Å². The minimum absolute atomic E-state index is 0.0932. The Morgan fingerprint density at radius 1 is 1.25 bits per heavy atom. The molecule has 2 unspecified atom stereocenters. The van der Waals surface area contributed by atoms with E-state index in [1.807, 2.05) is 0 Å². The van der Waals surface area contributed by atoms with E-state index in [2.05, 4.69) is 31.4 Å². The Kier molecular flexibility index (Phi) is 3.24. The van der Waals surface area contributed by atoms with Crippen LogP contribution < -0.4 is 10.6 Å². The third-order valence-electron chi connectivity index (χ3n) is 3.53. The van der Waals surface area contributed by atoms with E-state index in [1.165, 1.54) is 12.8 Å². The number of hydrogen-bond acceptors (Lipinski definition) is 2. The van der Waals surface area contributed by atoms with E-state index in [9.17, 15) is 4.79 Å². The maximum absolute atomic E-state index is 11.8. The first kappa shape index (κ1) is 11.9. The molecule has 2 saturated heterocycles. The summed E-state index contributed by atoms with van der Waals surface area (Å²) >= 11 is 0. The minimum Gasteiger partial charge on any atom is -0.353 e. The molecule has 92 valence electrons. The summed E-state index contributed by atoms with van der Waals surface area (Å²) in [5, 5.41) is 6.79. The molecule has 3 heteroatoms. The van der Waals surface area contributed by atoms with Gasteiger partial charge in [0.05, 0.1) is 0 Å². The van der Waals surface area contributed by atoms with Crippen LogP contribution in [0, 0.1) is 5.41 Å². The molecule has 2 aliphatic heterocycles. The molecule has 1 amide bonds. The summed E-state index contributed by atoms with van der Waals surface area (Å²) in [5.74, 6) is 0.221. The predicted octanol–water partition coefficient (Wildman–Crippen LogP) is 1.82.